The smallest absolute Gasteiger partial charge is 0.195 e. The molecule has 0 aliphatic carbocycles. The molecular formula is C4H7BN2O. The molecule has 1 rings (SSSR count). The Morgan fingerprint density at radius 1 is 2.00 bits per heavy atom. The van der Waals surface area contributed by atoms with Crippen molar-refractivity contribution in [1.82, 2.24) is 4.90 Å². The van der Waals surface area contributed by atoms with Crippen molar-refractivity contribution in [3.8, 4) is 0 Å². The Labute approximate surface area is 49.5 Å². The van der Waals surface area contributed by atoms with Gasteiger partial charge in [0.05, 0.1) is 6.54 Å². The van der Waals surface area contributed by atoms with Gasteiger partial charge in [0, 0.05) is 0 Å². The van der Waals surface area contributed by atoms with Gasteiger partial charge in [-0.05, 0) is 7.05 Å². The molecule has 0 aromatic carbocycles. The second kappa shape index (κ2) is 1.78. The van der Waals surface area contributed by atoms with Crippen molar-refractivity contribution in [3.05, 3.63) is 0 Å². The minimum absolute atomic E-state index is 0.250. The molecule has 0 spiro atoms. The average molecular weight is 110 g/mol. The number of hydrogen-bond donors (Lipinski definition) is 1. The maximum absolute atomic E-state index is 6.97. The Kier molecular flexibility index (Phi) is 1.25. The van der Waals surface area contributed by atoms with Crippen molar-refractivity contribution < 1.29 is 4.74 Å². The van der Waals surface area contributed by atoms with Gasteiger partial charge < -0.3 is 4.74 Å². The summed E-state index contributed by atoms with van der Waals surface area (Å²) in [6, 6.07) is 0. The predicted molar refractivity (Wildman–Crippen MR) is 31.0 cm³/mol. The Balaban J connectivity index is 2.51. The second-order valence-corrected chi connectivity index (χ2v) is 1.85. The van der Waals surface area contributed by atoms with E-state index in [4.69, 9.17) is 18.0 Å². The van der Waals surface area contributed by atoms with E-state index in [2.05, 4.69) is 0 Å². The average Bonchev–Trinajstić information content (AvgIpc) is 1.85. The number of nitrogens with zero attached hydrogens (tertiary/aromatic N) is 1. The molecule has 1 saturated heterocycles. The van der Waals surface area contributed by atoms with Gasteiger partial charge in [-0.2, -0.15) is 0 Å². The van der Waals surface area contributed by atoms with Crippen LogP contribution in [-0.4, -0.2) is 38.4 Å². The highest BCUT2D eigenvalue weighted by atomic mass is 16.5. The maximum atomic E-state index is 6.97. The van der Waals surface area contributed by atoms with Crippen molar-refractivity contribution in [2.75, 3.05) is 13.6 Å². The van der Waals surface area contributed by atoms with Crippen LogP contribution in [0.25, 0.3) is 0 Å². The van der Waals surface area contributed by atoms with Gasteiger partial charge in [0.15, 0.2) is 5.90 Å². The predicted octanol–water partition coefficient (Wildman–Crippen LogP) is -0.622. The molecule has 1 N–H and O–H groups in total. The third-order valence-electron chi connectivity index (χ3n) is 1.09. The van der Waals surface area contributed by atoms with Crippen LogP contribution in [0.3, 0.4) is 0 Å². The first-order chi connectivity index (χ1) is 3.70. The molecule has 0 aromatic heterocycles. The molecule has 0 bridgehead atoms. The highest BCUT2D eigenvalue weighted by molar-refractivity contribution is 6.12. The zero-order chi connectivity index (χ0) is 6.15. The molecule has 0 aromatic rings. The van der Waals surface area contributed by atoms with Crippen molar-refractivity contribution in [2.24, 2.45) is 0 Å². The standard InChI is InChI=1S/C4H7BN2O/c1-7-2-3(6)8-4(7)5/h4,6H,2H2,1H3. The van der Waals surface area contributed by atoms with Crippen LogP contribution < -0.4 is 0 Å². The fourth-order valence-electron chi connectivity index (χ4n) is 0.589. The molecule has 1 aliphatic rings. The van der Waals surface area contributed by atoms with E-state index in [9.17, 15) is 0 Å². The Morgan fingerprint density at radius 3 is 2.75 bits per heavy atom. The second-order valence-electron chi connectivity index (χ2n) is 1.85. The highest BCUT2D eigenvalue weighted by Gasteiger charge is 2.20. The van der Waals surface area contributed by atoms with Gasteiger partial charge in [0.2, 0.25) is 0 Å². The Bertz CT molecular complexity index is 105. The first kappa shape index (κ1) is 5.63. The molecule has 3 nitrogen and oxygen atoms in total. The summed E-state index contributed by atoms with van der Waals surface area (Å²) in [4.78, 5) is 1.75. The van der Waals surface area contributed by atoms with Gasteiger partial charge in [-0.15, -0.1) is 0 Å². The monoisotopic (exact) mass is 110 g/mol. The number of likely N-dealkylation sites (N-methyl/N-ethyl adjacent to an activating group) is 1. The fraction of sp³-hybridized carbons (Fsp3) is 0.750. The summed E-state index contributed by atoms with van der Waals surface area (Å²) in [5.41, 5.74) is 0. The molecule has 4 heteroatoms. The van der Waals surface area contributed by atoms with Gasteiger partial charge in [-0.1, -0.05) is 0 Å². The molecule has 1 aliphatic heterocycles. The third-order valence-corrected chi connectivity index (χ3v) is 1.09. The summed E-state index contributed by atoms with van der Waals surface area (Å²) >= 11 is 0. The molecule has 1 atom stereocenters. The summed E-state index contributed by atoms with van der Waals surface area (Å²) in [5.74, 6) is 0.250. The number of rotatable bonds is 0. The van der Waals surface area contributed by atoms with E-state index in [0.29, 0.717) is 6.54 Å². The molecule has 1 fully saturated rings. The first-order valence-electron chi connectivity index (χ1n) is 2.40. The lowest BCUT2D eigenvalue weighted by Crippen LogP contribution is -2.25. The quantitative estimate of drug-likeness (QED) is 0.421. The fourth-order valence-corrected chi connectivity index (χ4v) is 0.589. The van der Waals surface area contributed by atoms with Crippen molar-refractivity contribution in [2.45, 2.75) is 6.13 Å². The minimum Gasteiger partial charge on any atom is -0.472 e. The summed E-state index contributed by atoms with van der Waals surface area (Å²) in [5, 5.41) is 6.97. The van der Waals surface area contributed by atoms with Crippen LogP contribution in [0, 0.1) is 5.41 Å². The topological polar surface area (TPSA) is 36.3 Å². The zero-order valence-corrected chi connectivity index (χ0v) is 4.72. The van der Waals surface area contributed by atoms with Crippen LogP contribution >= 0.6 is 0 Å². The van der Waals surface area contributed by atoms with Gasteiger partial charge in [0.1, 0.15) is 14.0 Å². The largest absolute Gasteiger partial charge is 0.472 e. The first-order valence-corrected chi connectivity index (χ1v) is 2.40. The van der Waals surface area contributed by atoms with Crippen molar-refractivity contribution >= 4 is 13.7 Å². The van der Waals surface area contributed by atoms with Gasteiger partial charge in [-0.3, -0.25) is 10.3 Å². The van der Waals surface area contributed by atoms with Crippen LogP contribution in [0.15, 0.2) is 0 Å². The third kappa shape index (κ3) is 0.840. The number of hydrogen-bond acceptors (Lipinski definition) is 3. The van der Waals surface area contributed by atoms with E-state index in [0.717, 1.165) is 0 Å². The van der Waals surface area contributed by atoms with Crippen LogP contribution in [0.2, 0.25) is 0 Å². The summed E-state index contributed by atoms with van der Waals surface area (Å²) < 4.78 is 4.76. The summed E-state index contributed by atoms with van der Waals surface area (Å²) in [6.07, 6.45) is -0.400. The number of ether oxygens (including phenoxy) is 1. The van der Waals surface area contributed by atoms with Crippen molar-refractivity contribution in [1.29, 1.82) is 5.41 Å². The van der Waals surface area contributed by atoms with Gasteiger partial charge in [0.25, 0.3) is 0 Å². The van der Waals surface area contributed by atoms with E-state index in [-0.39, 0.29) is 5.90 Å². The Morgan fingerprint density at radius 2 is 2.62 bits per heavy atom. The van der Waals surface area contributed by atoms with Gasteiger partial charge in [-0.25, -0.2) is 0 Å². The molecule has 0 saturated carbocycles. The normalized spacial score (nSPS) is 30.6. The van der Waals surface area contributed by atoms with Crippen molar-refractivity contribution in [3.63, 3.8) is 0 Å². The van der Waals surface area contributed by atoms with Gasteiger partial charge >= 0.3 is 0 Å². The van der Waals surface area contributed by atoms with Crippen LogP contribution in [0.4, 0.5) is 0 Å². The van der Waals surface area contributed by atoms with Crippen LogP contribution in [0.1, 0.15) is 0 Å². The number of nitrogens with one attached hydrogen (secondary N) is 1. The van der Waals surface area contributed by atoms with E-state index in [1.165, 1.54) is 0 Å². The Hall–Kier alpha value is -0.505. The summed E-state index contributed by atoms with van der Waals surface area (Å²) in [6.45, 7) is 0.529. The molecular weight excluding hydrogens is 103 g/mol. The molecule has 2 radical (unpaired) electrons. The molecule has 0 amide bonds. The zero-order valence-electron chi connectivity index (χ0n) is 4.72. The molecule has 8 heavy (non-hydrogen) atoms. The van der Waals surface area contributed by atoms with E-state index < -0.39 is 6.13 Å². The van der Waals surface area contributed by atoms with E-state index >= 15 is 0 Å². The highest BCUT2D eigenvalue weighted by Crippen LogP contribution is 2.03. The molecule has 1 heterocycles. The van der Waals surface area contributed by atoms with Crippen LogP contribution in [0.5, 0.6) is 0 Å². The lowest BCUT2D eigenvalue weighted by molar-refractivity contribution is 0.175. The maximum Gasteiger partial charge on any atom is 0.195 e. The summed E-state index contributed by atoms with van der Waals surface area (Å²) in [7, 11) is 7.14. The van der Waals surface area contributed by atoms with Crippen LogP contribution in [-0.2, 0) is 4.74 Å². The molecule has 42 valence electrons. The molecule has 1 unspecified atom stereocenters. The van der Waals surface area contributed by atoms with E-state index in [1.807, 2.05) is 7.05 Å². The SMILES string of the molecule is [B]C1OC(=N)CN1C. The lowest BCUT2D eigenvalue weighted by Gasteiger charge is -2.10. The van der Waals surface area contributed by atoms with E-state index in [1.54, 1.807) is 4.90 Å². The minimum atomic E-state index is -0.400. The lowest BCUT2D eigenvalue weighted by atomic mass is 10.1.